The van der Waals surface area contributed by atoms with Crippen LogP contribution in [-0.4, -0.2) is 39.1 Å². The molecular formula is C19H20O6. The molecule has 3 N–H and O–H groups in total. The van der Waals surface area contributed by atoms with Crippen LogP contribution in [0.2, 0.25) is 0 Å². The zero-order chi connectivity index (χ0) is 18.8. The zero-order valence-corrected chi connectivity index (χ0v) is 13.8. The Morgan fingerprint density at radius 3 is 2.00 bits per heavy atom. The Kier molecular flexibility index (Phi) is 8.02. The molecule has 0 aliphatic rings. The van der Waals surface area contributed by atoms with Gasteiger partial charge in [0.15, 0.2) is 11.9 Å². The van der Waals surface area contributed by atoms with E-state index in [4.69, 9.17) is 15.3 Å². The monoisotopic (exact) mass is 344 g/mol. The number of carboxylic acids is 2. The van der Waals surface area contributed by atoms with Crippen molar-refractivity contribution in [3.05, 3.63) is 71.3 Å². The number of aliphatic hydroxyl groups excluding tert-OH is 1. The van der Waals surface area contributed by atoms with Gasteiger partial charge in [-0.1, -0.05) is 54.6 Å². The largest absolute Gasteiger partial charge is 0.481 e. The molecule has 1 atom stereocenters. The Morgan fingerprint density at radius 2 is 1.48 bits per heavy atom. The summed E-state index contributed by atoms with van der Waals surface area (Å²) in [5.74, 6) is -2.20. The molecule has 0 bridgehead atoms. The van der Waals surface area contributed by atoms with E-state index in [1.165, 1.54) is 6.92 Å². The third-order valence-corrected chi connectivity index (χ3v) is 3.30. The van der Waals surface area contributed by atoms with Crippen LogP contribution in [-0.2, 0) is 22.4 Å². The van der Waals surface area contributed by atoms with E-state index >= 15 is 0 Å². The third-order valence-electron chi connectivity index (χ3n) is 3.30. The first-order valence-corrected chi connectivity index (χ1v) is 7.56. The summed E-state index contributed by atoms with van der Waals surface area (Å²) < 4.78 is 0. The van der Waals surface area contributed by atoms with Crippen molar-refractivity contribution in [3.8, 4) is 0 Å². The van der Waals surface area contributed by atoms with E-state index in [0.717, 1.165) is 5.56 Å². The molecule has 0 saturated carbocycles. The predicted molar refractivity (Wildman–Crippen MR) is 91.6 cm³/mol. The van der Waals surface area contributed by atoms with E-state index in [1.54, 1.807) is 36.4 Å². The molecule has 0 fully saturated rings. The maximum atomic E-state index is 11.1. The number of carbonyl (C=O) groups is 3. The highest BCUT2D eigenvalue weighted by atomic mass is 16.4. The highest BCUT2D eigenvalue weighted by Crippen LogP contribution is 2.10. The van der Waals surface area contributed by atoms with Gasteiger partial charge in [0.25, 0.3) is 0 Å². The average molecular weight is 344 g/mol. The fourth-order valence-corrected chi connectivity index (χ4v) is 2.11. The molecule has 6 heteroatoms. The van der Waals surface area contributed by atoms with Crippen LogP contribution in [0.3, 0.4) is 0 Å². The number of aliphatic hydroxyl groups is 1. The molecule has 0 spiro atoms. The van der Waals surface area contributed by atoms with Gasteiger partial charge in [0, 0.05) is 12.0 Å². The van der Waals surface area contributed by atoms with Gasteiger partial charge >= 0.3 is 11.9 Å². The fourth-order valence-electron chi connectivity index (χ4n) is 2.11. The van der Waals surface area contributed by atoms with Crippen LogP contribution in [0.1, 0.15) is 28.4 Å². The lowest BCUT2D eigenvalue weighted by Crippen LogP contribution is -2.21. The minimum atomic E-state index is -1.30. The molecule has 2 rings (SSSR count). The summed E-state index contributed by atoms with van der Waals surface area (Å²) in [5.41, 5.74) is 1.89. The van der Waals surface area contributed by atoms with Crippen LogP contribution < -0.4 is 0 Å². The van der Waals surface area contributed by atoms with Gasteiger partial charge in [-0.3, -0.25) is 9.59 Å². The van der Waals surface area contributed by atoms with Gasteiger partial charge < -0.3 is 15.3 Å². The lowest BCUT2D eigenvalue weighted by molar-refractivity contribution is -0.146. The third kappa shape index (κ3) is 7.41. The summed E-state index contributed by atoms with van der Waals surface area (Å²) in [6.45, 7) is 1.43. The average Bonchev–Trinajstić information content (AvgIpc) is 2.56. The Morgan fingerprint density at radius 1 is 0.920 bits per heavy atom. The molecule has 132 valence electrons. The minimum Gasteiger partial charge on any atom is -0.481 e. The first-order valence-electron chi connectivity index (χ1n) is 7.56. The smallest absolute Gasteiger partial charge is 0.332 e. The van der Waals surface area contributed by atoms with Gasteiger partial charge in [-0.05, 0) is 18.1 Å². The molecule has 1 unspecified atom stereocenters. The summed E-state index contributed by atoms with van der Waals surface area (Å²) in [5, 5.41) is 25.9. The van der Waals surface area contributed by atoms with Crippen LogP contribution in [0.25, 0.3) is 0 Å². The molecule has 0 heterocycles. The summed E-state index contributed by atoms with van der Waals surface area (Å²) in [4.78, 5) is 31.7. The summed E-state index contributed by atoms with van der Waals surface area (Å²) in [6, 6.07) is 15.8. The van der Waals surface area contributed by atoms with Gasteiger partial charge in [0.1, 0.15) is 0 Å². The molecule has 2 aromatic carbocycles. The van der Waals surface area contributed by atoms with Crippen molar-refractivity contribution in [2.24, 2.45) is 0 Å². The van der Waals surface area contributed by atoms with Gasteiger partial charge in [0.05, 0.1) is 6.42 Å². The molecule has 25 heavy (non-hydrogen) atoms. The molecule has 0 aliphatic heterocycles. The highest BCUT2D eigenvalue weighted by Gasteiger charge is 2.12. The van der Waals surface area contributed by atoms with Crippen molar-refractivity contribution >= 4 is 17.7 Å². The van der Waals surface area contributed by atoms with E-state index in [-0.39, 0.29) is 18.6 Å². The Hall–Kier alpha value is -2.99. The van der Waals surface area contributed by atoms with Crippen LogP contribution in [0.4, 0.5) is 0 Å². The number of carbonyl (C=O) groups excluding carboxylic acids is 1. The van der Waals surface area contributed by atoms with Crippen molar-refractivity contribution in [2.75, 3.05) is 0 Å². The second-order valence-electron chi connectivity index (χ2n) is 5.33. The van der Waals surface area contributed by atoms with Crippen molar-refractivity contribution in [1.29, 1.82) is 0 Å². The number of hydrogen-bond donors (Lipinski definition) is 3. The number of hydrogen-bond acceptors (Lipinski definition) is 4. The standard InChI is InChI=1S/C10H10O3.C9H10O3/c1-7(11)9-5-3-2-4-8(9)6-10(12)13;10-8(9(11)12)6-7-4-2-1-3-5-7/h2-5H,6H2,1H3,(H,12,13);1-5,8,10H,6H2,(H,11,12). The molecule has 0 saturated heterocycles. The van der Waals surface area contributed by atoms with E-state index < -0.39 is 18.0 Å². The molecular weight excluding hydrogens is 324 g/mol. The van der Waals surface area contributed by atoms with Crippen molar-refractivity contribution < 1.29 is 29.7 Å². The van der Waals surface area contributed by atoms with Crippen LogP contribution >= 0.6 is 0 Å². The van der Waals surface area contributed by atoms with Gasteiger partial charge in [-0.15, -0.1) is 0 Å². The highest BCUT2D eigenvalue weighted by molar-refractivity contribution is 5.96. The van der Waals surface area contributed by atoms with Gasteiger partial charge in [-0.2, -0.15) is 0 Å². The van der Waals surface area contributed by atoms with E-state index in [2.05, 4.69) is 0 Å². The summed E-state index contributed by atoms with van der Waals surface area (Å²) in [6.07, 6.45) is -1.24. The molecule has 0 aromatic heterocycles. The Labute approximate surface area is 145 Å². The maximum Gasteiger partial charge on any atom is 0.332 e. The van der Waals surface area contributed by atoms with E-state index in [0.29, 0.717) is 11.1 Å². The number of ketones is 1. The van der Waals surface area contributed by atoms with Crippen LogP contribution in [0.15, 0.2) is 54.6 Å². The lowest BCUT2D eigenvalue weighted by atomic mass is 10.0. The first kappa shape index (κ1) is 20.1. The number of Topliss-reactive ketones (excluding diaryl/α,β-unsaturated/α-hetero) is 1. The molecule has 2 aromatic rings. The normalized spacial score (nSPS) is 11.0. The predicted octanol–water partition coefficient (Wildman–Crippen LogP) is 2.19. The van der Waals surface area contributed by atoms with Crippen molar-refractivity contribution in [1.82, 2.24) is 0 Å². The zero-order valence-electron chi connectivity index (χ0n) is 13.8. The number of benzene rings is 2. The second-order valence-corrected chi connectivity index (χ2v) is 5.33. The van der Waals surface area contributed by atoms with Crippen LogP contribution in [0.5, 0.6) is 0 Å². The Bertz CT molecular complexity index is 724. The lowest BCUT2D eigenvalue weighted by Gasteiger charge is -2.03. The minimum absolute atomic E-state index is 0.100. The summed E-state index contributed by atoms with van der Waals surface area (Å²) in [7, 11) is 0. The van der Waals surface area contributed by atoms with Gasteiger partial charge in [-0.25, -0.2) is 4.79 Å². The molecule has 0 radical (unpaired) electrons. The van der Waals surface area contributed by atoms with Crippen molar-refractivity contribution in [2.45, 2.75) is 25.9 Å². The maximum absolute atomic E-state index is 11.1. The molecule has 0 aliphatic carbocycles. The summed E-state index contributed by atoms with van der Waals surface area (Å²) >= 11 is 0. The van der Waals surface area contributed by atoms with E-state index in [1.807, 2.05) is 18.2 Å². The first-order chi connectivity index (χ1) is 11.8. The fraction of sp³-hybridized carbons (Fsp3) is 0.211. The number of aliphatic carboxylic acids is 2. The van der Waals surface area contributed by atoms with Crippen molar-refractivity contribution in [3.63, 3.8) is 0 Å². The molecule has 6 nitrogen and oxygen atoms in total. The quantitative estimate of drug-likeness (QED) is 0.693. The van der Waals surface area contributed by atoms with Crippen LogP contribution in [0, 0.1) is 0 Å². The SMILES string of the molecule is CC(=O)c1ccccc1CC(=O)O.O=C(O)C(O)Cc1ccccc1. The topological polar surface area (TPSA) is 112 Å². The number of rotatable bonds is 6. The van der Waals surface area contributed by atoms with Gasteiger partial charge in [0.2, 0.25) is 0 Å². The second kappa shape index (κ2) is 10.00. The molecule has 0 amide bonds. The van der Waals surface area contributed by atoms with E-state index in [9.17, 15) is 14.4 Å². The number of carboxylic acid groups (broad SMARTS) is 2. The Balaban J connectivity index is 0.000000251.